The first-order valence-electron chi connectivity index (χ1n) is 10.9. The summed E-state index contributed by atoms with van der Waals surface area (Å²) in [5, 5.41) is 4.63. The molecule has 3 atom stereocenters. The number of aromatic amines is 1. The Morgan fingerprint density at radius 3 is 3.00 bits per heavy atom. The molecule has 1 aliphatic rings. The van der Waals surface area contributed by atoms with Crippen LogP contribution in [0.1, 0.15) is 44.9 Å². The zero-order chi connectivity index (χ0) is 22.5. The van der Waals surface area contributed by atoms with Gasteiger partial charge in [-0.3, -0.25) is 0 Å². The normalized spacial score (nSPS) is 19.7. The fourth-order valence-corrected chi connectivity index (χ4v) is 5.19. The van der Waals surface area contributed by atoms with Crippen LogP contribution in [0.5, 0.6) is 0 Å². The van der Waals surface area contributed by atoms with Gasteiger partial charge in [-0.05, 0) is 42.2 Å². The van der Waals surface area contributed by atoms with Crippen LogP contribution in [0.2, 0.25) is 5.02 Å². The number of H-pyrrole nitrogens is 1. The van der Waals surface area contributed by atoms with Crippen molar-refractivity contribution in [3.05, 3.63) is 35.5 Å². The van der Waals surface area contributed by atoms with Gasteiger partial charge in [-0.25, -0.2) is 19.3 Å². The molecule has 1 fully saturated rings. The van der Waals surface area contributed by atoms with Crippen molar-refractivity contribution < 1.29 is 13.5 Å². The molecule has 1 aliphatic carbocycles. The number of hydrogen-bond donors (Lipinski definition) is 2. The van der Waals surface area contributed by atoms with Crippen molar-refractivity contribution in [2.45, 2.75) is 51.0 Å². The standard InChI is InChI=1S/C22H27ClFN5O2P/c1-31-32(30)8-4-6-14-5-2-3-7-16(9-14)28-22-19(24)13-27-21(29-22)18-12-26-20-17(18)10-15(23)11-25-20/h10-14,16H,2-9H2,1H3,(H,25,26)(H,27,28,29)/q+1. The van der Waals surface area contributed by atoms with Gasteiger partial charge in [-0.15, -0.1) is 4.52 Å². The second-order valence-corrected chi connectivity index (χ2v) is 10.2. The van der Waals surface area contributed by atoms with Gasteiger partial charge in [0.15, 0.2) is 23.6 Å². The van der Waals surface area contributed by atoms with Crippen molar-refractivity contribution in [2.24, 2.45) is 5.92 Å². The molecule has 0 aliphatic heterocycles. The summed E-state index contributed by atoms with van der Waals surface area (Å²) in [6, 6.07) is 1.93. The third kappa shape index (κ3) is 5.61. The maximum absolute atomic E-state index is 14.6. The Balaban J connectivity index is 1.48. The first-order valence-corrected chi connectivity index (χ1v) is 12.7. The highest BCUT2D eigenvalue weighted by molar-refractivity contribution is 7.39. The minimum atomic E-state index is -1.55. The van der Waals surface area contributed by atoms with Gasteiger partial charge in [0, 0.05) is 29.4 Å². The van der Waals surface area contributed by atoms with Crippen molar-refractivity contribution in [3.8, 4) is 11.4 Å². The molecule has 0 saturated heterocycles. The van der Waals surface area contributed by atoms with E-state index in [-0.39, 0.29) is 11.9 Å². The number of fused-ring (bicyclic) bond motifs is 1. The monoisotopic (exact) mass is 478 g/mol. The van der Waals surface area contributed by atoms with Crippen LogP contribution in [-0.4, -0.2) is 39.2 Å². The van der Waals surface area contributed by atoms with Gasteiger partial charge in [0.25, 0.3) is 0 Å². The van der Waals surface area contributed by atoms with E-state index in [4.69, 9.17) is 16.1 Å². The summed E-state index contributed by atoms with van der Waals surface area (Å²) in [4.78, 5) is 16.0. The molecular formula is C22H27ClFN5O2P+. The van der Waals surface area contributed by atoms with E-state index in [0.717, 1.165) is 55.9 Å². The van der Waals surface area contributed by atoms with Gasteiger partial charge in [0.05, 0.1) is 18.3 Å². The lowest BCUT2D eigenvalue weighted by Crippen LogP contribution is -2.23. The number of pyridine rings is 1. The van der Waals surface area contributed by atoms with E-state index in [1.165, 1.54) is 13.3 Å². The van der Waals surface area contributed by atoms with Crippen molar-refractivity contribution >= 4 is 36.5 Å². The number of hydrogen-bond acceptors (Lipinski definition) is 6. The summed E-state index contributed by atoms with van der Waals surface area (Å²) >= 11 is 6.10. The molecular weight excluding hydrogens is 452 g/mol. The third-order valence-electron chi connectivity index (χ3n) is 6.01. The van der Waals surface area contributed by atoms with Gasteiger partial charge in [-0.1, -0.05) is 30.9 Å². The first-order chi connectivity index (χ1) is 15.5. The Kier molecular flexibility index (Phi) is 7.66. The summed E-state index contributed by atoms with van der Waals surface area (Å²) in [5.74, 6) is 0.675. The smallest absolute Gasteiger partial charge is 0.365 e. The fourth-order valence-electron chi connectivity index (χ4n) is 4.41. The van der Waals surface area contributed by atoms with Crippen LogP contribution in [0.15, 0.2) is 24.7 Å². The topological polar surface area (TPSA) is 92.8 Å². The quantitative estimate of drug-likeness (QED) is 0.290. The third-order valence-corrected chi connectivity index (χ3v) is 7.31. The first kappa shape index (κ1) is 23.0. The minimum Gasteiger partial charge on any atom is -0.365 e. The molecule has 0 bridgehead atoms. The molecule has 10 heteroatoms. The maximum Gasteiger partial charge on any atom is 0.507 e. The Morgan fingerprint density at radius 1 is 1.31 bits per heavy atom. The van der Waals surface area contributed by atoms with E-state index in [2.05, 4.69) is 25.3 Å². The van der Waals surface area contributed by atoms with Gasteiger partial charge < -0.3 is 10.3 Å². The molecule has 3 aromatic heterocycles. The highest BCUT2D eigenvalue weighted by atomic mass is 35.5. The predicted octanol–water partition coefficient (Wildman–Crippen LogP) is 6.34. The molecule has 3 aromatic rings. The van der Waals surface area contributed by atoms with Crippen LogP contribution in [-0.2, 0) is 9.09 Å². The SMILES string of the molecule is CO[P+](=O)CCCC1CCCCC(Nc2nc(-c3c[nH]c4ncc(Cl)cc34)ncc2F)C1. The van der Waals surface area contributed by atoms with Crippen LogP contribution < -0.4 is 5.32 Å². The zero-order valence-corrected chi connectivity index (χ0v) is 19.6. The second kappa shape index (κ2) is 10.6. The number of halogens is 2. The Hall–Kier alpha value is -2.15. The lowest BCUT2D eigenvalue weighted by atomic mass is 9.93. The molecule has 0 amide bonds. The van der Waals surface area contributed by atoms with Crippen molar-refractivity contribution in [1.82, 2.24) is 19.9 Å². The number of anilines is 1. The number of nitrogens with zero attached hydrogens (tertiary/aromatic N) is 3. The lowest BCUT2D eigenvalue weighted by molar-refractivity contribution is 0.394. The largest absolute Gasteiger partial charge is 0.507 e. The summed E-state index contributed by atoms with van der Waals surface area (Å²) < 4.78 is 31.0. The molecule has 0 aromatic carbocycles. The highest BCUT2D eigenvalue weighted by Crippen LogP contribution is 2.32. The van der Waals surface area contributed by atoms with Crippen molar-refractivity contribution in [2.75, 3.05) is 18.6 Å². The molecule has 32 heavy (non-hydrogen) atoms. The van der Waals surface area contributed by atoms with E-state index in [0.29, 0.717) is 28.6 Å². The molecule has 3 heterocycles. The van der Waals surface area contributed by atoms with Crippen LogP contribution in [0.3, 0.4) is 0 Å². The zero-order valence-electron chi connectivity index (χ0n) is 18.0. The van der Waals surface area contributed by atoms with Crippen molar-refractivity contribution in [3.63, 3.8) is 0 Å². The van der Waals surface area contributed by atoms with Crippen LogP contribution >= 0.6 is 19.6 Å². The Bertz CT molecular complexity index is 1100. The average molecular weight is 479 g/mol. The van der Waals surface area contributed by atoms with Crippen molar-refractivity contribution in [1.29, 1.82) is 0 Å². The Labute approximate surface area is 192 Å². The van der Waals surface area contributed by atoms with Crippen LogP contribution in [0, 0.1) is 11.7 Å². The average Bonchev–Trinajstić information content (AvgIpc) is 3.07. The molecule has 1 saturated carbocycles. The summed E-state index contributed by atoms with van der Waals surface area (Å²) in [5.41, 5.74) is 1.40. The maximum atomic E-state index is 14.6. The summed E-state index contributed by atoms with van der Waals surface area (Å²) in [7, 11) is -0.0689. The minimum absolute atomic E-state index is 0.134. The van der Waals surface area contributed by atoms with Gasteiger partial charge in [0.2, 0.25) is 0 Å². The van der Waals surface area contributed by atoms with Gasteiger partial charge >= 0.3 is 8.03 Å². The molecule has 0 spiro atoms. The highest BCUT2D eigenvalue weighted by Gasteiger charge is 2.24. The lowest BCUT2D eigenvalue weighted by Gasteiger charge is -2.21. The summed E-state index contributed by atoms with van der Waals surface area (Å²) in [6.07, 6.45) is 12.3. The fraction of sp³-hybridized carbons (Fsp3) is 0.500. The predicted molar refractivity (Wildman–Crippen MR) is 125 cm³/mol. The molecule has 3 unspecified atom stereocenters. The molecule has 4 rings (SSSR count). The number of rotatable bonds is 8. The molecule has 7 nitrogen and oxygen atoms in total. The number of nitrogens with one attached hydrogen (secondary N) is 2. The van der Waals surface area contributed by atoms with Gasteiger partial charge in [-0.2, -0.15) is 0 Å². The van der Waals surface area contributed by atoms with E-state index in [1.807, 2.05) is 0 Å². The van der Waals surface area contributed by atoms with E-state index in [9.17, 15) is 8.96 Å². The van der Waals surface area contributed by atoms with E-state index >= 15 is 0 Å². The molecule has 0 radical (unpaired) electrons. The van der Waals surface area contributed by atoms with Crippen LogP contribution in [0.25, 0.3) is 22.4 Å². The molecule has 170 valence electrons. The number of aromatic nitrogens is 4. The summed E-state index contributed by atoms with van der Waals surface area (Å²) in [6.45, 7) is 0. The second-order valence-electron chi connectivity index (χ2n) is 8.25. The van der Waals surface area contributed by atoms with Gasteiger partial charge in [0.1, 0.15) is 5.65 Å². The van der Waals surface area contributed by atoms with Crippen LogP contribution in [0.4, 0.5) is 10.2 Å². The van der Waals surface area contributed by atoms with E-state index < -0.39 is 13.8 Å². The molecule has 2 N–H and O–H groups in total. The Morgan fingerprint density at radius 2 is 2.16 bits per heavy atom. The van der Waals surface area contributed by atoms with E-state index in [1.54, 1.807) is 18.5 Å².